The number of rotatable bonds is 5. The minimum absolute atomic E-state index is 0.361. The van der Waals surface area contributed by atoms with Crippen LogP contribution in [-0.4, -0.2) is 35.0 Å². The topological polar surface area (TPSA) is 93.9 Å². The first-order valence-corrected chi connectivity index (χ1v) is 9.29. The van der Waals surface area contributed by atoms with E-state index in [-0.39, 0.29) is 5.82 Å². The van der Waals surface area contributed by atoms with Crippen LogP contribution in [0.25, 0.3) is 28.2 Å². The largest absolute Gasteiger partial charge is 0.465 e. The number of halogens is 1. The predicted molar refractivity (Wildman–Crippen MR) is 107 cm³/mol. The molecule has 9 heteroatoms. The number of aromatic amines is 1. The summed E-state index contributed by atoms with van der Waals surface area (Å²) < 4.78 is 21.4. The van der Waals surface area contributed by atoms with Crippen molar-refractivity contribution in [3.63, 3.8) is 0 Å². The van der Waals surface area contributed by atoms with E-state index in [1.54, 1.807) is 16.6 Å². The van der Waals surface area contributed by atoms with Crippen molar-refractivity contribution in [1.82, 2.24) is 35.0 Å². The molecule has 0 aliphatic heterocycles. The van der Waals surface area contributed by atoms with Gasteiger partial charge in [-0.15, -0.1) is 15.3 Å². The molecule has 1 N–H and O–H groups in total. The zero-order chi connectivity index (χ0) is 20.5. The van der Waals surface area contributed by atoms with Crippen molar-refractivity contribution in [2.45, 2.75) is 13.0 Å². The van der Waals surface area contributed by atoms with Crippen LogP contribution in [0.3, 0.4) is 0 Å². The molecule has 0 saturated carbocycles. The standard InChI is InChI=1S/C21H16FN7O/c1-13(19-23-12-24-26-19)30-21-17(14-6-3-2-4-7-14)11-18-25-27-20(29(18)28-21)15-8-5-9-16(22)10-15/h2-13H,1H3,(H,23,24,26). The molecule has 0 spiro atoms. The summed E-state index contributed by atoms with van der Waals surface area (Å²) in [5.74, 6) is 1.00. The van der Waals surface area contributed by atoms with Gasteiger partial charge in [0, 0.05) is 11.1 Å². The Morgan fingerprint density at radius 1 is 1.00 bits per heavy atom. The second-order valence-corrected chi connectivity index (χ2v) is 6.66. The Bertz CT molecular complexity index is 1300. The third kappa shape index (κ3) is 3.26. The first kappa shape index (κ1) is 17.9. The smallest absolute Gasteiger partial charge is 0.240 e. The summed E-state index contributed by atoms with van der Waals surface area (Å²) in [6, 6.07) is 17.7. The molecular weight excluding hydrogens is 385 g/mol. The zero-order valence-electron chi connectivity index (χ0n) is 15.9. The van der Waals surface area contributed by atoms with Gasteiger partial charge in [0.25, 0.3) is 0 Å². The fraction of sp³-hybridized carbons (Fsp3) is 0.0952. The summed E-state index contributed by atoms with van der Waals surface area (Å²) in [6.45, 7) is 1.85. The number of fused-ring (bicyclic) bond motifs is 1. The maximum atomic E-state index is 13.7. The molecule has 0 aliphatic rings. The molecule has 3 heterocycles. The van der Waals surface area contributed by atoms with E-state index in [2.05, 4.69) is 30.5 Å². The van der Waals surface area contributed by atoms with Crippen LogP contribution in [0.4, 0.5) is 4.39 Å². The summed E-state index contributed by atoms with van der Waals surface area (Å²) in [6.07, 6.45) is 1.00. The van der Waals surface area contributed by atoms with Crippen LogP contribution in [0.1, 0.15) is 18.9 Å². The van der Waals surface area contributed by atoms with Crippen LogP contribution >= 0.6 is 0 Å². The molecular formula is C21H16FN7O. The lowest BCUT2D eigenvalue weighted by Gasteiger charge is -2.15. The highest BCUT2D eigenvalue weighted by Gasteiger charge is 2.19. The van der Waals surface area contributed by atoms with E-state index in [0.717, 1.165) is 11.1 Å². The average Bonchev–Trinajstić information content (AvgIpc) is 3.44. The summed E-state index contributed by atoms with van der Waals surface area (Å²) >= 11 is 0. The van der Waals surface area contributed by atoms with E-state index in [1.807, 2.05) is 43.3 Å². The lowest BCUT2D eigenvalue weighted by atomic mass is 10.1. The molecule has 5 rings (SSSR count). The van der Waals surface area contributed by atoms with Crippen LogP contribution in [0.5, 0.6) is 5.88 Å². The van der Waals surface area contributed by atoms with Gasteiger partial charge >= 0.3 is 0 Å². The molecule has 2 aromatic carbocycles. The van der Waals surface area contributed by atoms with Crippen molar-refractivity contribution >= 4 is 5.65 Å². The Morgan fingerprint density at radius 3 is 2.60 bits per heavy atom. The Morgan fingerprint density at radius 2 is 1.83 bits per heavy atom. The normalized spacial score (nSPS) is 12.2. The number of benzene rings is 2. The van der Waals surface area contributed by atoms with Crippen LogP contribution in [0, 0.1) is 5.82 Å². The molecule has 0 bridgehead atoms. The van der Waals surface area contributed by atoms with Crippen molar-refractivity contribution in [3.05, 3.63) is 78.6 Å². The van der Waals surface area contributed by atoms with Crippen LogP contribution in [0.2, 0.25) is 0 Å². The second-order valence-electron chi connectivity index (χ2n) is 6.66. The molecule has 0 aliphatic carbocycles. The highest BCUT2D eigenvalue weighted by atomic mass is 19.1. The molecule has 1 unspecified atom stereocenters. The summed E-state index contributed by atoms with van der Waals surface area (Å²) in [5, 5.41) is 19.8. The third-order valence-electron chi connectivity index (χ3n) is 4.63. The fourth-order valence-electron chi connectivity index (χ4n) is 3.17. The number of H-pyrrole nitrogens is 1. The van der Waals surface area contributed by atoms with E-state index >= 15 is 0 Å². The van der Waals surface area contributed by atoms with Crippen molar-refractivity contribution in [2.24, 2.45) is 0 Å². The van der Waals surface area contributed by atoms with Crippen LogP contribution in [-0.2, 0) is 0 Å². The molecule has 8 nitrogen and oxygen atoms in total. The van der Waals surface area contributed by atoms with Gasteiger partial charge in [-0.2, -0.15) is 9.61 Å². The molecule has 1 atom stereocenters. The Hall–Kier alpha value is -4.14. The van der Waals surface area contributed by atoms with Gasteiger partial charge in [0.2, 0.25) is 5.88 Å². The number of nitrogens with one attached hydrogen (secondary N) is 1. The Balaban J connectivity index is 1.66. The summed E-state index contributed by atoms with van der Waals surface area (Å²) in [7, 11) is 0. The summed E-state index contributed by atoms with van der Waals surface area (Å²) in [5.41, 5.74) is 2.76. The molecule has 5 aromatic rings. The number of hydrogen-bond acceptors (Lipinski definition) is 6. The van der Waals surface area contributed by atoms with Crippen molar-refractivity contribution in [2.75, 3.05) is 0 Å². The van der Waals surface area contributed by atoms with Gasteiger partial charge in [0.05, 0.1) is 0 Å². The molecule has 148 valence electrons. The highest BCUT2D eigenvalue weighted by molar-refractivity contribution is 5.73. The van der Waals surface area contributed by atoms with Gasteiger partial charge < -0.3 is 4.74 Å². The Labute approximate surface area is 170 Å². The van der Waals surface area contributed by atoms with E-state index in [4.69, 9.17) is 4.74 Å². The van der Waals surface area contributed by atoms with Crippen molar-refractivity contribution < 1.29 is 9.13 Å². The van der Waals surface area contributed by atoms with Gasteiger partial charge in [-0.1, -0.05) is 42.5 Å². The maximum absolute atomic E-state index is 13.7. The number of aromatic nitrogens is 7. The van der Waals surface area contributed by atoms with Gasteiger partial charge in [0.1, 0.15) is 12.1 Å². The highest BCUT2D eigenvalue weighted by Crippen LogP contribution is 2.32. The Kier molecular flexibility index (Phi) is 4.40. The SMILES string of the molecule is CC(Oc1nn2c(-c3cccc(F)c3)nnc2cc1-c1ccccc1)c1ncn[nH]1. The van der Waals surface area contributed by atoms with E-state index < -0.39 is 6.10 Å². The molecule has 0 radical (unpaired) electrons. The van der Waals surface area contributed by atoms with E-state index in [1.165, 1.54) is 18.5 Å². The van der Waals surface area contributed by atoms with Crippen LogP contribution in [0.15, 0.2) is 67.0 Å². The summed E-state index contributed by atoms with van der Waals surface area (Å²) in [4.78, 5) is 4.15. The quantitative estimate of drug-likeness (QED) is 0.481. The lowest BCUT2D eigenvalue weighted by molar-refractivity contribution is 0.206. The number of hydrogen-bond donors (Lipinski definition) is 1. The molecule has 0 fully saturated rings. The first-order chi connectivity index (χ1) is 14.7. The van der Waals surface area contributed by atoms with E-state index in [9.17, 15) is 4.39 Å². The van der Waals surface area contributed by atoms with Crippen LogP contribution < -0.4 is 4.74 Å². The average molecular weight is 401 g/mol. The third-order valence-corrected chi connectivity index (χ3v) is 4.63. The van der Waals surface area contributed by atoms with Gasteiger partial charge in [-0.25, -0.2) is 9.37 Å². The number of nitrogens with zero attached hydrogens (tertiary/aromatic N) is 6. The second kappa shape index (κ2) is 7.36. The maximum Gasteiger partial charge on any atom is 0.240 e. The van der Waals surface area contributed by atoms with Gasteiger partial charge in [-0.3, -0.25) is 5.10 Å². The first-order valence-electron chi connectivity index (χ1n) is 9.29. The monoisotopic (exact) mass is 401 g/mol. The molecule has 3 aromatic heterocycles. The van der Waals surface area contributed by atoms with E-state index in [0.29, 0.717) is 28.7 Å². The van der Waals surface area contributed by atoms with Gasteiger partial charge in [-0.05, 0) is 30.7 Å². The number of ether oxygens (including phenoxy) is 1. The van der Waals surface area contributed by atoms with Gasteiger partial charge in [0.15, 0.2) is 23.4 Å². The molecule has 30 heavy (non-hydrogen) atoms. The van der Waals surface area contributed by atoms with Crippen molar-refractivity contribution in [1.29, 1.82) is 0 Å². The van der Waals surface area contributed by atoms with Crippen molar-refractivity contribution in [3.8, 4) is 28.4 Å². The minimum Gasteiger partial charge on any atom is -0.465 e. The fourth-order valence-corrected chi connectivity index (χ4v) is 3.17. The predicted octanol–water partition coefficient (Wildman–Crippen LogP) is 3.86. The molecule has 0 amide bonds. The zero-order valence-corrected chi connectivity index (χ0v) is 15.9. The minimum atomic E-state index is -0.422. The molecule has 0 saturated heterocycles. The lowest BCUT2D eigenvalue weighted by Crippen LogP contribution is -2.09.